The van der Waals surface area contributed by atoms with E-state index in [4.69, 9.17) is 9.47 Å². The summed E-state index contributed by atoms with van der Waals surface area (Å²) in [6.07, 6.45) is 1.50. The molecule has 0 N–H and O–H groups in total. The van der Waals surface area contributed by atoms with Crippen molar-refractivity contribution in [1.82, 2.24) is 9.47 Å². The molecule has 0 fully saturated rings. The fraction of sp³-hybridized carbons (Fsp3) is 0.0690. The van der Waals surface area contributed by atoms with Crippen LogP contribution in [-0.2, 0) is 4.74 Å². The Labute approximate surface area is 197 Å². The van der Waals surface area contributed by atoms with Gasteiger partial charge in [0.05, 0.1) is 11.4 Å². The number of nitrogens with zero attached hydrogens (tertiary/aromatic N) is 2. The quantitative estimate of drug-likeness (QED) is 0.303. The highest BCUT2D eigenvalue weighted by molar-refractivity contribution is 6.02. The van der Waals surface area contributed by atoms with E-state index in [0.29, 0.717) is 17.3 Å². The minimum atomic E-state index is -0.472. The highest BCUT2D eigenvalue weighted by Crippen LogP contribution is 2.43. The van der Waals surface area contributed by atoms with Crippen LogP contribution in [-0.4, -0.2) is 29.7 Å². The fourth-order valence-electron chi connectivity index (χ4n) is 4.48. The minimum Gasteiger partial charge on any atom is -0.450 e. The van der Waals surface area contributed by atoms with E-state index in [1.165, 1.54) is 4.90 Å². The van der Waals surface area contributed by atoms with Crippen molar-refractivity contribution in [3.63, 3.8) is 0 Å². The molecule has 0 bridgehead atoms. The van der Waals surface area contributed by atoms with Crippen molar-refractivity contribution in [2.75, 3.05) is 14.1 Å². The number of fused-ring (bicyclic) bond motifs is 6. The second-order valence-electron chi connectivity index (χ2n) is 8.45. The second kappa shape index (κ2) is 7.81. The maximum absolute atomic E-state index is 12.8. The lowest BCUT2D eigenvalue weighted by Crippen LogP contribution is -2.23. The standard InChI is InChI=1S/C29H22N2O3/c1-30(2)29(32)34-28-24-15-8-18-31(24)26-22-13-6-4-10-20(22)16-17-25(26)33-27(28)23-14-7-11-19-9-3-5-12-21(19)23/h3-18H,1-2H3. The van der Waals surface area contributed by atoms with Gasteiger partial charge in [-0.2, -0.15) is 0 Å². The number of ether oxygens (including phenoxy) is 2. The number of carbonyl (C=O) groups is 1. The summed E-state index contributed by atoms with van der Waals surface area (Å²) < 4.78 is 14.7. The van der Waals surface area contributed by atoms with Gasteiger partial charge in [-0.15, -0.1) is 0 Å². The molecule has 34 heavy (non-hydrogen) atoms. The largest absolute Gasteiger partial charge is 0.450 e. The molecule has 4 aromatic carbocycles. The average molecular weight is 447 g/mol. The summed E-state index contributed by atoms with van der Waals surface area (Å²) in [5, 5.41) is 4.24. The molecule has 0 saturated heterocycles. The molecule has 1 amide bonds. The summed E-state index contributed by atoms with van der Waals surface area (Å²) in [6.45, 7) is 0. The topological polar surface area (TPSA) is 43.7 Å². The lowest BCUT2D eigenvalue weighted by atomic mass is 10.0. The summed E-state index contributed by atoms with van der Waals surface area (Å²) in [6, 6.07) is 30.3. The van der Waals surface area contributed by atoms with Crippen LogP contribution in [0, 0.1) is 0 Å². The van der Waals surface area contributed by atoms with Crippen LogP contribution < -0.4 is 4.74 Å². The Morgan fingerprint density at radius 3 is 2.29 bits per heavy atom. The summed E-state index contributed by atoms with van der Waals surface area (Å²) in [4.78, 5) is 14.2. The molecule has 1 aliphatic rings. The Hall–Kier alpha value is -4.51. The van der Waals surface area contributed by atoms with Gasteiger partial charge in [-0.25, -0.2) is 4.79 Å². The van der Waals surface area contributed by atoms with E-state index in [-0.39, 0.29) is 0 Å². The minimum absolute atomic E-state index is 0.375. The molecule has 5 aromatic rings. The van der Waals surface area contributed by atoms with Gasteiger partial charge < -0.3 is 18.9 Å². The van der Waals surface area contributed by atoms with Crippen LogP contribution in [0.5, 0.6) is 5.75 Å². The zero-order valence-electron chi connectivity index (χ0n) is 18.9. The first kappa shape index (κ1) is 20.1. The number of rotatable bonds is 2. The Balaban J connectivity index is 1.69. The molecule has 0 aliphatic carbocycles. The first-order chi connectivity index (χ1) is 16.6. The molecule has 0 unspecified atom stereocenters. The number of hydrogen-bond acceptors (Lipinski definition) is 3. The highest BCUT2D eigenvalue weighted by Gasteiger charge is 2.29. The summed E-state index contributed by atoms with van der Waals surface area (Å²) in [5.41, 5.74) is 2.51. The summed E-state index contributed by atoms with van der Waals surface area (Å²) in [7, 11) is 3.33. The molecular formula is C29H22N2O3. The molecule has 0 saturated carbocycles. The fourth-order valence-corrected chi connectivity index (χ4v) is 4.48. The summed E-state index contributed by atoms with van der Waals surface area (Å²) in [5.74, 6) is 1.57. The predicted octanol–water partition coefficient (Wildman–Crippen LogP) is 6.70. The van der Waals surface area contributed by atoms with Gasteiger partial charge in [-0.1, -0.05) is 72.8 Å². The molecule has 5 heteroatoms. The third-order valence-corrected chi connectivity index (χ3v) is 6.09. The zero-order valence-corrected chi connectivity index (χ0v) is 18.9. The van der Waals surface area contributed by atoms with Crippen molar-refractivity contribution in [2.24, 2.45) is 0 Å². The van der Waals surface area contributed by atoms with E-state index >= 15 is 0 Å². The van der Waals surface area contributed by atoms with E-state index in [0.717, 1.165) is 38.5 Å². The average Bonchev–Trinajstić information content (AvgIpc) is 3.30. The monoisotopic (exact) mass is 446 g/mol. The van der Waals surface area contributed by atoms with E-state index in [1.54, 1.807) is 14.1 Å². The normalized spacial score (nSPS) is 12.6. The first-order valence-corrected chi connectivity index (χ1v) is 11.1. The van der Waals surface area contributed by atoms with Gasteiger partial charge in [-0.05, 0) is 34.4 Å². The van der Waals surface area contributed by atoms with Crippen molar-refractivity contribution >= 4 is 39.2 Å². The number of carbonyl (C=O) groups excluding carboxylic acids is 1. The maximum Gasteiger partial charge on any atom is 0.414 e. The molecule has 166 valence electrons. The predicted molar refractivity (Wildman–Crippen MR) is 135 cm³/mol. The maximum atomic E-state index is 12.8. The Morgan fingerprint density at radius 2 is 1.50 bits per heavy atom. The molecule has 0 spiro atoms. The molecule has 0 atom stereocenters. The van der Waals surface area contributed by atoms with Crippen molar-refractivity contribution in [3.05, 3.63) is 108 Å². The van der Waals surface area contributed by atoms with Crippen LogP contribution in [0.2, 0.25) is 0 Å². The van der Waals surface area contributed by atoms with E-state index in [1.807, 2.05) is 65.4 Å². The van der Waals surface area contributed by atoms with Crippen LogP contribution in [0.1, 0.15) is 11.3 Å². The van der Waals surface area contributed by atoms with Gasteiger partial charge in [0.25, 0.3) is 0 Å². The zero-order chi connectivity index (χ0) is 23.2. The molecule has 6 rings (SSSR count). The van der Waals surface area contributed by atoms with Gasteiger partial charge in [0.2, 0.25) is 0 Å². The van der Waals surface area contributed by atoms with Crippen LogP contribution in [0.15, 0.2) is 97.2 Å². The lowest BCUT2D eigenvalue weighted by molar-refractivity contribution is 0.162. The van der Waals surface area contributed by atoms with Crippen LogP contribution in [0.4, 0.5) is 4.79 Å². The van der Waals surface area contributed by atoms with E-state index in [9.17, 15) is 4.79 Å². The Morgan fingerprint density at radius 1 is 0.794 bits per heavy atom. The van der Waals surface area contributed by atoms with Gasteiger partial charge in [0, 0.05) is 31.2 Å². The highest BCUT2D eigenvalue weighted by atomic mass is 16.6. The van der Waals surface area contributed by atoms with Gasteiger partial charge in [-0.3, -0.25) is 0 Å². The first-order valence-electron chi connectivity index (χ1n) is 11.1. The van der Waals surface area contributed by atoms with Gasteiger partial charge in [0.1, 0.15) is 0 Å². The van der Waals surface area contributed by atoms with Crippen LogP contribution in [0.3, 0.4) is 0 Å². The number of hydrogen-bond donors (Lipinski definition) is 0. The van der Waals surface area contributed by atoms with Crippen molar-refractivity contribution in [1.29, 1.82) is 0 Å². The van der Waals surface area contributed by atoms with Crippen LogP contribution >= 0.6 is 0 Å². The molecule has 0 radical (unpaired) electrons. The Kier molecular flexibility index (Phi) is 4.62. The number of aromatic nitrogens is 1. The molecule has 5 nitrogen and oxygen atoms in total. The molecule has 2 heterocycles. The second-order valence-corrected chi connectivity index (χ2v) is 8.45. The third-order valence-electron chi connectivity index (χ3n) is 6.09. The lowest BCUT2D eigenvalue weighted by Gasteiger charge is -2.17. The smallest absolute Gasteiger partial charge is 0.414 e. The van der Waals surface area contributed by atoms with Crippen LogP contribution in [0.25, 0.3) is 38.8 Å². The number of benzene rings is 4. The van der Waals surface area contributed by atoms with Gasteiger partial charge >= 0.3 is 6.09 Å². The molecule has 1 aromatic heterocycles. The van der Waals surface area contributed by atoms with Crippen molar-refractivity contribution < 1.29 is 14.3 Å². The van der Waals surface area contributed by atoms with Gasteiger partial charge in [0.15, 0.2) is 17.3 Å². The van der Waals surface area contributed by atoms with Crippen molar-refractivity contribution in [3.8, 4) is 11.4 Å². The third kappa shape index (κ3) is 3.13. The Bertz CT molecular complexity index is 1610. The molecular weight excluding hydrogens is 424 g/mol. The SMILES string of the molecule is CN(C)C(=O)OC1=C(c2cccc3ccccc23)Oc2ccc3ccccc3c2-n2cccc21. The summed E-state index contributed by atoms with van der Waals surface area (Å²) >= 11 is 0. The van der Waals surface area contributed by atoms with E-state index in [2.05, 4.69) is 36.4 Å². The van der Waals surface area contributed by atoms with E-state index < -0.39 is 6.09 Å². The number of amides is 1. The molecule has 1 aliphatic heterocycles. The van der Waals surface area contributed by atoms with Crippen molar-refractivity contribution in [2.45, 2.75) is 0 Å².